The third-order valence-corrected chi connectivity index (χ3v) is 2.85. The van der Waals surface area contributed by atoms with Gasteiger partial charge in [0.05, 0.1) is 5.69 Å². The first kappa shape index (κ1) is 11.1. The second-order valence-electron chi connectivity index (χ2n) is 4.26. The highest BCUT2D eigenvalue weighted by atomic mass is 19.2. The fraction of sp³-hybridized carbons (Fsp3) is 0.250. The largest absolute Gasteiger partial charge is 0.323 e. The van der Waals surface area contributed by atoms with Gasteiger partial charge in [-0.25, -0.2) is 18.2 Å². The zero-order valence-electron chi connectivity index (χ0n) is 9.33. The highest BCUT2D eigenvalue weighted by Crippen LogP contribution is 2.37. The van der Waals surface area contributed by atoms with Crippen molar-refractivity contribution < 1.29 is 13.2 Å². The molecule has 18 heavy (non-hydrogen) atoms. The zero-order chi connectivity index (χ0) is 12.7. The fourth-order valence-electron chi connectivity index (χ4n) is 1.82. The molecule has 1 N–H and O–H groups in total. The van der Waals surface area contributed by atoms with Crippen LogP contribution in [0.5, 0.6) is 0 Å². The summed E-state index contributed by atoms with van der Waals surface area (Å²) in [4.78, 5) is 4.01. The van der Waals surface area contributed by atoms with Crippen LogP contribution in [0.2, 0.25) is 0 Å². The molecule has 3 nitrogen and oxygen atoms in total. The Kier molecular flexibility index (Phi) is 2.50. The van der Waals surface area contributed by atoms with E-state index in [1.165, 1.54) is 0 Å². The minimum atomic E-state index is -1.22. The van der Waals surface area contributed by atoms with Crippen molar-refractivity contribution in [1.29, 1.82) is 0 Å². The minimum Gasteiger partial charge on any atom is -0.323 e. The molecule has 1 saturated carbocycles. The lowest BCUT2D eigenvalue weighted by molar-refractivity contribution is 0.498. The van der Waals surface area contributed by atoms with Gasteiger partial charge in [0.2, 0.25) is 5.95 Å². The van der Waals surface area contributed by atoms with E-state index in [4.69, 9.17) is 0 Å². The lowest BCUT2D eigenvalue weighted by atomic mass is 10.3. The molecule has 0 saturated heterocycles. The van der Waals surface area contributed by atoms with E-state index in [9.17, 15) is 13.2 Å². The van der Waals surface area contributed by atoms with Gasteiger partial charge >= 0.3 is 0 Å². The molecular formula is C12H10F3N3. The molecule has 0 unspecified atom stereocenters. The molecule has 0 aliphatic heterocycles. The number of nitrogens with zero attached hydrogens (tertiary/aromatic N) is 2. The van der Waals surface area contributed by atoms with Gasteiger partial charge in [0.1, 0.15) is 5.82 Å². The smallest absolute Gasteiger partial charge is 0.207 e. The molecule has 1 aromatic heterocycles. The third kappa shape index (κ3) is 1.94. The molecule has 3 rings (SSSR count). The topological polar surface area (TPSA) is 29.9 Å². The second kappa shape index (κ2) is 4.04. The quantitative estimate of drug-likeness (QED) is 0.850. The van der Waals surface area contributed by atoms with Crippen LogP contribution in [0.3, 0.4) is 0 Å². The summed E-state index contributed by atoms with van der Waals surface area (Å²) in [5, 5.41) is 2.62. The van der Waals surface area contributed by atoms with Gasteiger partial charge in [0, 0.05) is 30.6 Å². The van der Waals surface area contributed by atoms with Gasteiger partial charge in [0.15, 0.2) is 11.6 Å². The lowest BCUT2D eigenvalue weighted by Crippen LogP contribution is -2.04. The fourth-order valence-corrected chi connectivity index (χ4v) is 1.82. The molecule has 0 spiro atoms. The Morgan fingerprint density at radius 1 is 1.22 bits per heavy atom. The van der Waals surface area contributed by atoms with E-state index >= 15 is 0 Å². The van der Waals surface area contributed by atoms with Crippen LogP contribution >= 0.6 is 0 Å². The zero-order valence-corrected chi connectivity index (χ0v) is 9.33. The molecule has 1 aliphatic rings. The average Bonchev–Trinajstić information content (AvgIpc) is 3.07. The number of rotatable bonds is 3. The molecule has 0 atom stereocenters. The maximum Gasteiger partial charge on any atom is 0.207 e. The van der Waals surface area contributed by atoms with Crippen molar-refractivity contribution in [2.24, 2.45) is 0 Å². The highest BCUT2D eigenvalue weighted by Gasteiger charge is 2.26. The van der Waals surface area contributed by atoms with Crippen molar-refractivity contribution in [3.8, 4) is 0 Å². The first-order valence-electron chi connectivity index (χ1n) is 5.59. The minimum absolute atomic E-state index is 0.249. The van der Waals surface area contributed by atoms with E-state index in [1.807, 2.05) is 4.57 Å². The molecule has 0 amide bonds. The number of imidazole rings is 1. The van der Waals surface area contributed by atoms with Gasteiger partial charge in [-0.05, 0) is 12.8 Å². The molecule has 94 valence electrons. The van der Waals surface area contributed by atoms with Gasteiger partial charge in [-0.3, -0.25) is 0 Å². The summed E-state index contributed by atoms with van der Waals surface area (Å²) in [5.41, 5.74) is -0.249. The number of hydrogen-bond donors (Lipinski definition) is 1. The van der Waals surface area contributed by atoms with Crippen LogP contribution in [0.25, 0.3) is 0 Å². The van der Waals surface area contributed by atoms with E-state index in [1.54, 1.807) is 12.4 Å². The Morgan fingerprint density at radius 2 is 2.00 bits per heavy atom. The molecule has 1 aromatic carbocycles. The van der Waals surface area contributed by atoms with Crippen molar-refractivity contribution in [1.82, 2.24) is 9.55 Å². The summed E-state index contributed by atoms with van der Waals surface area (Å²) in [6.07, 6.45) is 5.39. The predicted octanol–water partition coefficient (Wildman–Crippen LogP) is 3.38. The van der Waals surface area contributed by atoms with Gasteiger partial charge in [-0.15, -0.1) is 0 Å². The number of halogens is 3. The number of benzene rings is 1. The van der Waals surface area contributed by atoms with E-state index < -0.39 is 17.5 Å². The Hall–Kier alpha value is -1.98. The molecule has 1 fully saturated rings. The second-order valence-corrected chi connectivity index (χ2v) is 4.26. The summed E-state index contributed by atoms with van der Waals surface area (Å²) in [6, 6.07) is 1.76. The van der Waals surface area contributed by atoms with Crippen LogP contribution in [0.4, 0.5) is 24.8 Å². The van der Waals surface area contributed by atoms with Crippen LogP contribution in [0, 0.1) is 17.5 Å². The maximum atomic E-state index is 13.5. The number of hydrogen-bond acceptors (Lipinski definition) is 2. The van der Waals surface area contributed by atoms with Gasteiger partial charge < -0.3 is 9.88 Å². The van der Waals surface area contributed by atoms with Crippen LogP contribution in [0.1, 0.15) is 18.9 Å². The van der Waals surface area contributed by atoms with Crippen LogP contribution < -0.4 is 5.32 Å². The van der Waals surface area contributed by atoms with Crippen molar-refractivity contribution >= 4 is 11.6 Å². The predicted molar refractivity (Wildman–Crippen MR) is 60.1 cm³/mol. The number of anilines is 2. The summed E-state index contributed by atoms with van der Waals surface area (Å²) < 4.78 is 41.4. The average molecular weight is 253 g/mol. The van der Waals surface area contributed by atoms with Crippen molar-refractivity contribution in [2.75, 3.05) is 5.32 Å². The Bertz CT molecular complexity index is 590. The molecular weight excluding hydrogens is 243 g/mol. The van der Waals surface area contributed by atoms with Crippen LogP contribution in [0.15, 0.2) is 24.5 Å². The van der Waals surface area contributed by atoms with E-state index in [0.717, 1.165) is 18.9 Å². The van der Waals surface area contributed by atoms with Crippen molar-refractivity contribution in [3.05, 3.63) is 42.0 Å². The number of aromatic nitrogens is 2. The van der Waals surface area contributed by atoms with Gasteiger partial charge in [-0.1, -0.05) is 0 Å². The van der Waals surface area contributed by atoms with E-state index in [2.05, 4.69) is 10.3 Å². The third-order valence-electron chi connectivity index (χ3n) is 2.85. The summed E-state index contributed by atoms with van der Waals surface area (Å²) in [7, 11) is 0. The Labute approximate surface area is 101 Å². The monoisotopic (exact) mass is 253 g/mol. The van der Waals surface area contributed by atoms with Gasteiger partial charge in [-0.2, -0.15) is 0 Å². The molecule has 2 aromatic rings. The molecule has 6 heteroatoms. The SMILES string of the molecule is Fc1cc(F)c(F)c(Nc2nccn2C2CC2)c1. The Balaban J connectivity index is 1.94. The first-order valence-corrected chi connectivity index (χ1v) is 5.59. The molecule has 0 bridgehead atoms. The maximum absolute atomic E-state index is 13.5. The Morgan fingerprint density at radius 3 is 2.72 bits per heavy atom. The molecule has 1 aliphatic carbocycles. The summed E-state index contributed by atoms with van der Waals surface area (Å²) in [6.45, 7) is 0. The van der Waals surface area contributed by atoms with E-state index in [0.29, 0.717) is 18.1 Å². The van der Waals surface area contributed by atoms with Gasteiger partial charge in [0.25, 0.3) is 0 Å². The number of nitrogens with one attached hydrogen (secondary N) is 1. The van der Waals surface area contributed by atoms with Crippen LogP contribution in [-0.4, -0.2) is 9.55 Å². The molecule has 0 radical (unpaired) electrons. The molecule has 1 heterocycles. The standard InChI is InChI=1S/C12H10F3N3/c13-7-5-9(14)11(15)10(6-7)17-12-16-3-4-18(12)8-1-2-8/h3-6,8H,1-2H2,(H,16,17). The normalized spacial score (nSPS) is 14.8. The van der Waals surface area contributed by atoms with Crippen molar-refractivity contribution in [2.45, 2.75) is 18.9 Å². The van der Waals surface area contributed by atoms with Crippen LogP contribution in [-0.2, 0) is 0 Å². The summed E-state index contributed by atoms with van der Waals surface area (Å²) >= 11 is 0. The lowest BCUT2D eigenvalue weighted by Gasteiger charge is -2.10. The van der Waals surface area contributed by atoms with E-state index in [-0.39, 0.29) is 5.69 Å². The summed E-state index contributed by atoms with van der Waals surface area (Å²) in [5.74, 6) is -2.77. The highest BCUT2D eigenvalue weighted by molar-refractivity contribution is 5.55. The van der Waals surface area contributed by atoms with Crippen molar-refractivity contribution in [3.63, 3.8) is 0 Å². The first-order chi connectivity index (χ1) is 8.65.